The normalized spacial score (nSPS) is 9.47. The van der Waals surface area contributed by atoms with Crippen LogP contribution in [0.2, 0.25) is 0 Å². The van der Waals surface area contributed by atoms with Gasteiger partial charge in [0, 0.05) is 0 Å². The second kappa shape index (κ2) is 4.61. The van der Waals surface area contributed by atoms with Crippen LogP contribution in [0.4, 0.5) is 0 Å². The van der Waals surface area contributed by atoms with E-state index >= 15 is 0 Å². The van der Waals surface area contributed by atoms with Crippen molar-refractivity contribution in [2.75, 3.05) is 7.11 Å². The van der Waals surface area contributed by atoms with E-state index in [1.807, 2.05) is 13.0 Å². The molecule has 1 rings (SSSR count). The lowest BCUT2D eigenvalue weighted by atomic mass is 9.99. The van der Waals surface area contributed by atoms with Gasteiger partial charge in [0.1, 0.15) is 11.8 Å². The Morgan fingerprint density at radius 1 is 1.53 bits per heavy atom. The van der Waals surface area contributed by atoms with Gasteiger partial charge < -0.3 is 4.74 Å². The zero-order valence-corrected chi connectivity index (χ0v) is 9.13. The summed E-state index contributed by atoms with van der Waals surface area (Å²) < 4.78 is 5.12. The van der Waals surface area contributed by atoms with Crippen molar-refractivity contribution in [3.8, 4) is 11.8 Å². The molecule has 0 heterocycles. The van der Waals surface area contributed by atoms with Crippen molar-refractivity contribution < 1.29 is 9.53 Å². The zero-order valence-electron chi connectivity index (χ0n) is 9.13. The Bertz CT molecular complexity index is 430. The summed E-state index contributed by atoms with van der Waals surface area (Å²) >= 11 is 0. The topological polar surface area (TPSA) is 50.1 Å². The van der Waals surface area contributed by atoms with Gasteiger partial charge in [-0.1, -0.05) is 6.92 Å². The fourth-order valence-electron chi connectivity index (χ4n) is 1.49. The lowest BCUT2D eigenvalue weighted by Crippen LogP contribution is -2.02. The molecule has 0 aliphatic carbocycles. The molecular weight excluding hydrogens is 190 g/mol. The zero-order chi connectivity index (χ0) is 11.4. The van der Waals surface area contributed by atoms with E-state index in [4.69, 9.17) is 10.00 Å². The molecule has 0 aliphatic heterocycles. The molecule has 3 nitrogen and oxygen atoms in total. The number of benzene rings is 1. The Morgan fingerprint density at radius 2 is 2.20 bits per heavy atom. The number of carbonyl (C=O) groups excluding carboxylic acids is 1. The van der Waals surface area contributed by atoms with E-state index in [2.05, 4.69) is 0 Å². The van der Waals surface area contributed by atoms with E-state index in [9.17, 15) is 4.79 Å². The van der Waals surface area contributed by atoms with Crippen LogP contribution in [0.3, 0.4) is 0 Å². The molecule has 0 saturated carbocycles. The third-order valence-corrected chi connectivity index (χ3v) is 2.26. The Labute approximate surface area is 89.3 Å². The van der Waals surface area contributed by atoms with Crippen molar-refractivity contribution >= 4 is 5.78 Å². The van der Waals surface area contributed by atoms with Crippen LogP contribution >= 0.6 is 0 Å². The van der Waals surface area contributed by atoms with Gasteiger partial charge in [0.05, 0.1) is 18.2 Å². The highest BCUT2D eigenvalue weighted by Gasteiger charge is 2.14. The molecule has 0 atom stereocenters. The van der Waals surface area contributed by atoms with Gasteiger partial charge in [0.25, 0.3) is 0 Å². The van der Waals surface area contributed by atoms with Gasteiger partial charge in [-0.15, -0.1) is 0 Å². The smallest absolute Gasteiger partial charge is 0.164 e. The van der Waals surface area contributed by atoms with Gasteiger partial charge in [0.15, 0.2) is 5.78 Å². The number of ketones is 1. The lowest BCUT2D eigenvalue weighted by molar-refractivity contribution is 0.101. The van der Waals surface area contributed by atoms with Crippen LogP contribution in [-0.4, -0.2) is 12.9 Å². The van der Waals surface area contributed by atoms with Crippen molar-refractivity contribution in [1.29, 1.82) is 5.26 Å². The van der Waals surface area contributed by atoms with Gasteiger partial charge in [-0.3, -0.25) is 4.79 Å². The first kappa shape index (κ1) is 11.3. The number of carbonyl (C=O) groups is 1. The van der Waals surface area contributed by atoms with E-state index in [-0.39, 0.29) is 5.78 Å². The maximum absolute atomic E-state index is 11.4. The number of nitrogens with zero attached hydrogens (tertiary/aromatic N) is 1. The van der Waals surface area contributed by atoms with Crippen LogP contribution in [-0.2, 0) is 6.42 Å². The first-order valence-electron chi connectivity index (χ1n) is 4.76. The summed E-state index contributed by atoms with van der Waals surface area (Å²) in [4.78, 5) is 11.4. The van der Waals surface area contributed by atoms with Crippen molar-refractivity contribution in [3.05, 3.63) is 28.8 Å². The van der Waals surface area contributed by atoms with Crippen LogP contribution in [0, 0.1) is 11.3 Å². The van der Waals surface area contributed by atoms with Crippen molar-refractivity contribution in [2.24, 2.45) is 0 Å². The Balaban J connectivity index is 3.48. The van der Waals surface area contributed by atoms with Gasteiger partial charge in [-0.05, 0) is 31.0 Å². The summed E-state index contributed by atoms with van der Waals surface area (Å²) in [5.74, 6) is 0.337. The highest BCUT2D eigenvalue weighted by atomic mass is 16.5. The molecule has 0 fully saturated rings. The molecule has 78 valence electrons. The van der Waals surface area contributed by atoms with Gasteiger partial charge in [-0.25, -0.2) is 0 Å². The quantitative estimate of drug-likeness (QED) is 0.708. The maximum Gasteiger partial charge on any atom is 0.164 e. The molecule has 0 spiro atoms. The van der Waals surface area contributed by atoms with Crippen molar-refractivity contribution in [3.63, 3.8) is 0 Å². The van der Waals surface area contributed by atoms with Gasteiger partial charge in [0.2, 0.25) is 0 Å². The molecule has 15 heavy (non-hydrogen) atoms. The number of methoxy groups -OCH3 is 1. The second-order valence-corrected chi connectivity index (χ2v) is 3.24. The fourth-order valence-corrected chi connectivity index (χ4v) is 1.49. The first-order chi connectivity index (χ1) is 7.13. The van der Waals surface area contributed by atoms with Gasteiger partial charge in [-0.2, -0.15) is 5.26 Å². The predicted octanol–water partition coefficient (Wildman–Crippen LogP) is 2.33. The Kier molecular flexibility index (Phi) is 3.46. The fraction of sp³-hybridized carbons (Fsp3) is 0.333. The molecule has 1 aromatic carbocycles. The number of aryl methyl sites for hydroxylation is 1. The summed E-state index contributed by atoms with van der Waals surface area (Å²) in [5, 5.41) is 8.95. The molecule has 0 radical (unpaired) electrons. The van der Waals surface area contributed by atoms with Crippen LogP contribution < -0.4 is 4.74 Å². The predicted molar refractivity (Wildman–Crippen MR) is 57.1 cm³/mol. The van der Waals surface area contributed by atoms with Gasteiger partial charge >= 0.3 is 0 Å². The average molecular weight is 203 g/mol. The minimum atomic E-state index is -0.147. The summed E-state index contributed by atoms with van der Waals surface area (Å²) in [5.41, 5.74) is 1.75. The standard InChI is InChI=1S/C12H13NO2/c1-4-9-5-10(7-13)12(8(2)14)11(6-9)15-3/h5-6H,4H2,1-3H3. The summed E-state index contributed by atoms with van der Waals surface area (Å²) in [6.07, 6.45) is 0.809. The van der Waals surface area contributed by atoms with E-state index < -0.39 is 0 Å². The van der Waals surface area contributed by atoms with Crippen LogP contribution in [0.5, 0.6) is 5.75 Å². The molecular formula is C12H13NO2. The number of nitriles is 1. The maximum atomic E-state index is 11.4. The SMILES string of the molecule is CCc1cc(C#N)c(C(C)=O)c(OC)c1. The number of rotatable bonds is 3. The lowest BCUT2D eigenvalue weighted by Gasteiger charge is -2.09. The Morgan fingerprint density at radius 3 is 2.60 bits per heavy atom. The molecule has 0 N–H and O–H groups in total. The molecule has 0 aliphatic rings. The summed E-state index contributed by atoms with van der Waals surface area (Å²) in [6, 6.07) is 5.56. The van der Waals surface area contributed by atoms with Crippen LogP contribution in [0.1, 0.15) is 35.3 Å². The molecule has 1 aromatic rings. The summed E-state index contributed by atoms with van der Waals surface area (Å²) in [7, 11) is 1.50. The molecule has 3 heteroatoms. The first-order valence-corrected chi connectivity index (χ1v) is 4.76. The number of Topliss-reactive ketones (excluding diaryl/α,β-unsaturated/α-hetero) is 1. The summed E-state index contributed by atoms with van der Waals surface area (Å²) in [6.45, 7) is 3.42. The highest BCUT2D eigenvalue weighted by molar-refractivity contribution is 5.99. The molecule has 0 saturated heterocycles. The number of hydrogen-bond acceptors (Lipinski definition) is 3. The highest BCUT2D eigenvalue weighted by Crippen LogP contribution is 2.25. The third kappa shape index (κ3) is 2.16. The molecule has 0 amide bonds. The second-order valence-electron chi connectivity index (χ2n) is 3.24. The number of hydrogen-bond donors (Lipinski definition) is 0. The minimum Gasteiger partial charge on any atom is -0.496 e. The van der Waals surface area contributed by atoms with E-state index in [1.165, 1.54) is 14.0 Å². The number of ether oxygens (including phenoxy) is 1. The van der Waals surface area contributed by atoms with E-state index in [0.717, 1.165) is 12.0 Å². The van der Waals surface area contributed by atoms with E-state index in [1.54, 1.807) is 12.1 Å². The van der Waals surface area contributed by atoms with Crippen LogP contribution in [0.25, 0.3) is 0 Å². The molecule has 0 aromatic heterocycles. The van der Waals surface area contributed by atoms with Crippen molar-refractivity contribution in [1.82, 2.24) is 0 Å². The van der Waals surface area contributed by atoms with Crippen molar-refractivity contribution in [2.45, 2.75) is 20.3 Å². The third-order valence-electron chi connectivity index (χ3n) is 2.26. The largest absolute Gasteiger partial charge is 0.496 e. The van der Waals surface area contributed by atoms with Crippen LogP contribution in [0.15, 0.2) is 12.1 Å². The Hall–Kier alpha value is -1.82. The molecule has 0 unspecified atom stereocenters. The average Bonchev–Trinajstić information content (AvgIpc) is 2.26. The molecule has 0 bridgehead atoms. The minimum absolute atomic E-state index is 0.147. The monoisotopic (exact) mass is 203 g/mol. The van der Waals surface area contributed by atoms with E-state index in [0.29, 0.717) is 16.9 Å².